The van der Waals surface area contributed by atoms with Crippen molar-refractivity contribution in [2.75, 3.05) is 0 Å². The molecule has 2 rings (SSSR count). The van der Waals surface area contributed by atoms with E-state index in [1.807, 2.05) is 12.3 Å². The molecule has 1 aromatic heterocycles. The SMILES string of the molecule is CC(C)C(NN)C1CCc2cccnc21. The van der Waals surface area contributed by atoms with Crippen molar-refractivity contribution in [3.8, 4) is 0 Å². The monoisotopic (exact) mass is 205 g/mol. The second-order valence-corrected chi connectivity index (χ2v) is 4.63. The summed E-state index contributed by atoms with van der Waals surface area (Å²) in [7, 11) is 0. The second-order valence-electron chi connectivity index (χ2n) is 4.63. The maximum Gasteiger partial charge on any atom is 0.0482 e. The summed E-state index contributed by atoms with van der Waals surface area (Å²) in [6.07, 6.45) is 4.18. The smallest absolute Gasteiger partial charge is 0.0482 e. The molecule has 0 amide bonds. The molecule has 3 N–H and O–H groups in total. The van der Waals surface area contributed by atoms with E-state index >= 15 is 0 Å². The number of fused-ring (bicyclic) bond motifs is 1. The first-order chi connectivity index (χ1) is 7.24. The minimum Gasteiger partial charge on any atom is -0.271 e. The van der Waals surface area contributed by atoms with Crippen molar-refractivity contribution >= 4 is 0 Å². The van der Waals surface area contributed by atoms with Crippen LogP contribution in [0, 0.1) is 5.92 Å². The largest absolute Gasteiger partial charge is 0.271 e. The molecular formula is C12H19N3. The third kappa shape index (κ3) is 1.90. The highest BCUT2D eigenvalue weighted by atomic mass is 15.2. The molecule has 15 heavy (non-hydrogen) atoms. The molecule has 1 aromatic rings. The minimum absolute atomic E-state index is 0.334. The Morgan fingerprint density at radius 3 is 3.00 bits per heavy atom. The van der Waals surface area contributed by atoms with Crippen molar-refractivity contribution in [2.24, 2.45) is 11.8 Å². The molecule has 1 aliphatic carbocycles. The summed E-state index contributed by atoms with van der Waals surface area (Å²) >= 11 is 0. The van der Waals surface area contributed by atoms with Crippen LogP contribution < -0.4 is 11.3 Å². The summed E-state index contributed by atoms with van der Waals surface area (Å²) in [5, 5.41) is 0. The normalized spacial score (nSPS) is 21.7. The van der Waals surface area contributed by atoms with Crippen LogP contribution in [0.15, 0.2) is 18.3 Å². The highest BCUT2D eigenvalue weighted by molar-refractivity contribution is 5.30. The fraction of sp³-hybridized carbons (Fsp3) is 0.583. The topological polar surface area (TPSA) is 50.9 Å². The summed E-state index contributed by atoms with van der Waals surface area (Å²) in [6.45, 7) is 4.40. The van der Waals surface area contributed by atoms with Gasteiger partial charge in [-0.1, -0.05) is 19.9 Å². The fourth-order valence-electron chi connectivity index (χ4n) is 2.57. The van der Waals surface area contributed by atoms with Crippen LogP contribution in [0.25, 0.3) is 0 Å². The average Bonchev–Trinajstić information content (AvgIpc) is 2.63. The Morgan fingerprint density at radius 1 is 1.53 bits per heavy atom. The van der Waals surface area contributed by atoms with Gasteiger partial charge in [-0.25, -0.2) is 0 Å². The first-order valence-electron chi connectivity index (χ1n) is 5.64. The number of nitrogens with zero attached hydrogens (tertiary/aromatic N) is 1. The van der Waals surface area contributed by atoms with Gasteiger partial charge in [-0.2, -0.15) is 0 Å². The number of hydrazine groups is 1. The fourth-order valence-corrected chi connectivity index (χ4v) is 2.57. The lowest BCUT2D eigenvalue weighted by Crippen LogP contribution is -2.43. The Labute approximate surface area is 91.1 Å². The maximum atomic E-state index is 5.63. The van der Waals surface area contributed by atoms with Gasteiger partial charge in [-0.15, -0.1) is 0 Å². The average molecular weight is 205 g/mol. The van der Waals surface area contributed by atoms with Gasteiger partial charge in [-0.05, 0) is 30.4 Å². The van der Waals surface area contributed by atoms with Crippen LogP contribution in [0.1, 0.15) is 37.4 Å². The molecule has 0 spiro atoms. The van der Waals surface area contributed by atoms with E-state index < -0.39 is 0 Å². The molecule has 0 aliphatic heterocycles. The zero-order valence-corrected chi connectivity index (χ0v) is 9.40. The van der Waals surface area contributed by atoms with Crippen LogP contribution in [0.3, 0.4) is 0 Å². The molecule has 82 valence electrons. The Bertz CT molecular complexity index is 335. The van der Waals surface area contributed by atoms with Gasteiger partial charge in [0.15, 0.2) is 0 Å². The number of aryl methyl sites for hydroxylation is 1. The Kier molecular flexibility index (Phi) is 3.03. The lowest BCUT2D eigenvalue weighted by molar-refractivity contribution is 0.341. The van der Waals surface area contributed by atoms with E-state index in [-0.39, 0.29) is 0 Å². The standard InChI is InChI=1S/C12H19N3/c1-8(2)11(15-13)10-6-5-9-4-3-7-14-12(9)10/h3-4,7-8,10-11,15H,5-6,13H2,1-2H3. The highest BCUT2D eigenvalue weighted by Crippen LogP contribution is 2.35. The van der Waals surface area contributed by atoms with Crippen LogP contribution in [0.5, 0.6) is 0 Å². The number of nitrogens with one attached hydrogen (secondary N) is 1. The van der Waals surface area contributed by atoms with Crippen molar-refractivity contribution < 1.29 is 0 Å². The molecule has 3 nitrogen and oxygen atoms in total. The number of rotatable bonds is 3. The molecule has 0 saturated heterocycles. The molecule has 2 atom stereocenters. The molecule has 2 unspecified atom stereocenters. The number of hydrogen-bond donors (Lipinski definition) is 2. The predicted molar refractivity (Wildman–Crippen MR) is 61.2 cm³/mol. The first kappa shape index (κ1) is 10.6. The van der Waals surface area contributed by atoms with E-state index in [9.17, 15) is 0 Å². The first-order valence-corrected chi connectivity index (χ1v) is 5.64. The van der Waals surface area contributed by atoms with Gasteiger partial charge in [0, 0.05) is 23.9 Å². The van der Waals surface area contributed by atoms with Crippen molar-refractivity contribution in [2.45, 2.75) is 38.6 Å². The Morgan fingerprint density at radius 2 is 2.33 bits per heavy atom. The van der Waals surface area contributed by atoms with Gasteiger partial charge in [-0.3, -0.25) is 16.3 Å². The molecule has 1 aliphatic rings. The second kappa shape index (κ2) is 4.29. The van der Waals surface area contributed by atoms with E-state index in [0.717, 1.165) is 6.42 Å². The van der Waals surface area contributed by atoms with E-state index in [0.29, 0.717) is 17.9 Å². The Hall–Kier alpha value is -0.930. The van der Waals surface area contributed by atoms with E-state index in [1.165, 1.54) is 17.7 Å². The summed E-state index contributed by atoms with van der Waals surface area (Å²) in [5.74, 6) is 6.65. The zero-order chi connectivity index (χ0) is 10.8. The quantitative estimate of drug-likeness (QED) is 0.582. The summed E-state index contributed by atoms with van der Waals surface area (Å²) < 4.78 is 0. The van der Waals surface area contributed by atoms with E-state index in [1.54, 1.807) is 0 Å². The van der Waals surface area contributed by atoms with Crippen molar-refractivity contribution in [3.63, 3.8) is 0 Å². The molecule has 0 saturated carbocycles. The number of aromatic nitrogens is 1. The van der Waals surface area contributed by atoms with Crippen molar-refractivity contribution in [1.82, 2.24) is 10.4 Å². The predicted octanol–water partition coefficient (Wildman–Crippen LogP) is 1.60. The zero-order valence-electron chi connectivity index (χ0n) is 9.40. The van der Waals surface area contributed by atoms with E-state index in [4.69, 9.17) is 5.84 Å². The van der Waals surface area contributed by atoms with Crippen LogP contribution in [0.4, 0.5) is 0 Å². The summed E-state index contributed by atoms with van der Waals surface area (Å²) in [4.78, 5) is 4.50. The molecule has 0 fully saturated rings. The maximum absolute atomic E-state index is 5.63. The summed E-state index contributed by atoms with van der Waals surface area (Å²) in [5.41, 5.74) is 5.58. The van der Waals surface area contributed by atoms with Gasteiger partial charge in [0.1, 0.15) is 0 Å². The van der Waals surface area contributed by atoms with Crippen LogP contribution in [-0.4, -0.2) is 11.0 Å². The third-order valence-corrected chi connectivity index (χ3v) is 3.35. The molecule has 0 aromatic carbocycles. The van der Waals surface area contributed by atoms with Crippen LogP contribution in [0.2, 0.25) is 0 Å². The molecule has 0 radical (unpaired) electrons. The lowest BCUT2D eigenvalue weighted by atomic mass is 9.89. The molecule has 3 heteroatoms. The van der Waals surface area contributed by atoms with Crippen molar-refractivity contribution in [1.29, 1.82) is 0 Å². The number of hydrogen-bond acceptors (Lipinski definition) is 3. The van der Waals surface area contributed by atoms with Crippen LogP contribution in [-0.2, 0) is 6.42 Å². The highest BCUT2D eigenvalue weighted by Gasteiger charge is 2.31. The number of pyridine rings is 1. The number of nitrogens with two attached hydrogens (primary N) is 1. The van der Waals surface area contributed by atoms with Gasteiger partial charge < -0.3 is 0 Å². The van der Waals surface area contributed by atoms with Gasteiger partial charge in [0.25, 0.3) is 0 Å². The molecule has 0 bridgehead atoms. The van der Waals surface area contributed by atoms with Gasteiger partial charge in [0.05, 0.1) is 0 Å². The lowest BCUT2D eigenvalue weighted by Gasteiger charge is -2.26. The molecular weight excluding hydrogens is 186 g/mol. The van der Waals surface area contributed by atoms with Crippen LogP contribution >= 0.6 is 0 Å². The Balaban J connectivity index is 2.26. The van der Waals surface area contributed by atoms with Crippen molar-refractivity contribution in [3.05, 3.63) is 29.6 Å². The molecule has 1 heterocycles. The van der Waals surface area contributed by atoms with E-state index in [2.05, 4.69) is 30.3 Å². The summed E-state index contributed by atoms with van der Waals surface area (Å²) in [6, 6.07) is 4.53. The third-order valence-electron chi connectivity index (χ3n) is 3.35. The van der Waals surface area contributed by atoms with Gasteiger partial charge in [0.2, 0.25) is 0 Å². The minimum atomic E-state index is 0.334. The van der Waals surface area contributed by atoms with Gasteiger partial charge >= 0.3 is 0 Å².